The Balaban J connectivity index is 0.000000177. The van der Waals surface area contributed by atoms with Crippen molar-refractivity contribution >= 4 is 5.97 Å². The van der Waals surface area contributed by atoms with Crippen molar-refractivity contribution < 1.29 is 24.1 Å². The Labute approximate surface area is 201 Å². The predicted octanol–water partition coefficient (Wildman–Crippen LogP) is 6.82. The number of rotatable bonds is 5. The van der Waals surface area contributed by atoms with Crippen LogP contribution in [-0.2, 0) is 24.1 Å². The molecule has 2 aliphatic carbocycles. The molecule has 0 amide bonds. The molecular weight excluding hydrogens is 431 g/mol. The number of fused-ring (bicyclic) bond motifs is 1. The Morgan fingerprint density at radius 2 is 1.71 bits per heavy atom. The van der Waals surface area contributed by atoms with Crippen molar-refractivity contribution in [2.45, 2.75) is 51.9 Å². The van der Waals surface area contributed by atoms with Gasteiger partial charge in [0, 0.05) is 5.56 Å². The van der Waals surface area contributed by atoms with Crippen LogP contribution in [-0.4, -0.2) is 23.3 Å². The van der Waals surface area contributed by atoms with Crippen LogP contribution in [0.5, 0.6) is 11.5 Å². The van der Waals surface area contributed by atoms with E-state index in [1.807, 2.05) is 6.07 Å². The van der Waals surface area contributed by atoms with Gasteiger partial charge in [-0.2, -0.15) is 0 Å². The Bertz CT molecular complexity index is 1100. The lowest BCUT2D eigenvalue weighted by molar-refractivity contribution is -0.141. The van der Waals surface area contributed by atoms with Gasteiger partial charge in [-0.25, -0.2) is 4.39 Å². The minimum Gasteiger partial charge on any atom is -0.508 e. The fourth-order valence-electron chi connectivity index (χ4n) is 3.72. The third kappa shape index (κ3) is 7.62. The van der Waals surface area contributed by atoms with Gasteiger partial charge in [-0.05, 0) is 78.3 Å². The van der Waals surface area contributed by atoms with E-state index in [9.17, 15) is 9.18 Å². The maximum absolute atomic E-state index is 13.9. The first-order valence-corrected chi connectivity index (χ1v) is 11.8. The molecule has 0 radical (unpaired) electrons. The van der Waals surface area contributed by atoms with Crippen LogP contribution in [0.3, 0.4) is 0 Å². The number of carboxylic acids is 1. The number of phenolic OH excluding ortho intramolecular Hbond substituents is 1. The molecule has 0 spiro atoms. The lowest BCUT2D eigenvalue weighted by Crippen LogP contribution is -2.11. The number of halogens is 1. The first-order valence-electron chi connectivity index (χ1n) is 11.8. The van der Waals surface area contributed by atoms with E-state index in [2.05, 4.69) is 12.1 Å². The number of benzene rings is 3. The number of ether oxygens (including phenoxy) is 1. The maximum Gasteiger partial charge on any atom is 0.306 e. The number of carboxylic acid groups (broad SMARTS) is 1. The van der Waals surface area contributed by atoms with Crippen molar-refractivity contribution in [2.24, 2.45) is 5.92 Å². The fraction of sp³-hybridized carbons (Fsp3) is 0.345. The summed E-state index contributed by atoms with van der Waals surface area (Å²) in [7, 11) is 1.60. The van der Waals surface area contributed by atoms with E-state index >= 15 is 0 Å². The molecule has 1 saturated carbocycles. The van der Waals surface area contributed by atoms with Crippen LogP contribution in [0.4, 0.5) is 4.39 Å². The quantitative estimate of drug-likeness (QED) is 0.435. The van der Waals surface area contributed by atoms with E-state index in [1.54, 1.807) is 50.4 Å². The highest BCUT2D eigenvalue weighted by molar-refractivity contribution is 5.70. The molecule has 0 heterocycles. The molecule has 4 nitrogen and oxygen atoms in total. The number of aromatic hydroxyl groups is 1. The summed E-state index contributed by atoms with van der Waals surface area (Å²) in [6.07, 6.45) is 8.41. The molecule has 34 heavy (non-hydrogen) atoms. The van der Waals surface area contributed by atoms with Gasteiger partial charge < -0.3 is 14.9 Å². The van der Waals surface area contributed by atoms with Crippen molar-refractivity contribution in [3.63, 3.8) is 0 Å². The molecule has 0 bridgehead atoms. The number of methoxy groups -OCH3 is 1. The standard InChI is InChI=1S/C16H15FO.C10H12O3.C3H6/c1-18-14-7-8-16(17)15(10-14)13-6-5-11-3-2-4-12(11)9-13;1-7(10(12)13)5-8-3-2-4-9(11)6-8;1-2-3-1/h5-10H,2-4H2,1H3;2-4,6-7,11H,5H2,1H3,(H,12,13);1-3H2. The Hall–Kier alpha value is -3.34. The topological polar surface area (TPSA) is 66.8 Å². The van der Waals surface area contributed by atoms with Gasteiger partial charge >= 0.3 is 5.97 Å². The minimum atomic E-state index is -0.816. The van der Waals surface area contributed by atoms with Gasteiger partial charge in [0.05, 0.1) is 13.0 Å². The number of hydrogen-bond acceptors (Lipinski definition) is 3. The summed E-state index contributed by atoms with van der Waals surface area (Å²) < 4.78 is 19.0. The van der Waals surface area contributed by atoms with Gasteiger partial charge in [-0.15, -0.1) is 0 Å². The van der Waals surface area contributed by atoms with E-state index in [4.69, 9.17) is 14.9 Å². The van der Waals surface area contributed by atoms with Crippen molar-refractivity contribution in [2.75, 3.05) is 7.11 Å². The van der Waals surface area contributed by atoms with Gasteiger partial charge in [0.1, 0.15) is 17.3 Å². The first kappa shape index (κ1) is 25.3. The molecule has 5 heteroatoms. The van der Waals surface area contributed by atoms with E-state index in [1.165, 1.54) is 42.9 Å². The highest BCUT2D eigenvalue weighted by atomic mass is 19.1. The zero-order chi connectivity index (χ0) is 24.5. The number of aliphatic carboxylic acids is 1. The van der Waals surface area contributed by atoms with Gasteiger partial charge in [-0.3, -0.25) is 4.79 Å². The molecule has 180 valence electrons. The summed E-state index contributed by atoms with van der Waals surface area (Å²) in [5, 5.41) is 17.8. The molecule has 3 aromatic carbocycles. The summed E-state index contributed by atoms with van der Waals surface area (Å²) in [6, 6.07) is 17.8. The smallest absolute Gasteiger partial charge is 0.306 e. The Morgan fingerprint density at radius 3 is 2.35 bits per heavy atom. The lowest BCUT2D eigenvalue weighted by atomic mass is 10.00. The summed E-state index contributed by atoms with van der Waals surface area (Å²) in [4.78, 5) is 10.5. The number of carbonyl (C=O) groups is 1. The second-order valence-electron chi connectivity index (χ2n) is 8.86. The van der Waals surface area contributed by atoms with Gasteiger partial charge in [-0.1, -0.05) is 56.5 Å². The second kappa shape index (κ2) is 12.2. The van der Waals surface area contributed by atoms with Crippen LogP contribution in [0.25, 0.3) is 11.1 Å². The molecule has 3 aromatic rings. The molecule has 2 N–H and O–H groups in total. The van der Waals surface area contributed by atoms with Crippen molar-refractivity contribution in [1.29, 1.82) is 0 Å². The van der Waals surface area contributed by atoms with Gasteiger partial charge in [0.2, 0.25) is 0 Å². The SMILES string of the molecule is C1CC1.CC(Cc1cccc(O)c1)C(=O)O.COc1ccc(F)c(-c2ccc3c(c2)CCC3)c1. The summed E-state index contributed by atoms with van der Waals surface area (Å²) in [5.74, 6) is -0.569. The molecule has 0 aliphatic heterocycles. The maximum atomic E-state index is 13.9. The molecule has 1 fully saturated rings. The number of hydrogen-bond donors (Lipinski definition) is 2. The molecule has 5 rings (SSSR count). The zero-order valence-electron chi connectivity index (χ0n) is 19.9. The molecular formula is C29H33FO4. The van der Waals surface area contributed by atoms with Crippen molar-refractivity contribution in [3.8, 4) is 22.6 Å². The van der Waals surface area contributed by atoms with Gasteiger partial charge in [0.25, 0.3) is 0 Å². The molecule has 0 saturated heterocycles. The van der Waals surface area contributed by atoms with E-state index < -0.39 is 11.9 Å². The third-order valence-corrected chi connectivity index (χ3v) is 5.81. The van der Waals surface area contributed by atoms with Crippen LogP contribution in [0.15, 0.2) is 60.7 Å². The van der Waals surface area contributed by atoms with Crippen LogP contribution >= 0.6 is 0 Å². The van der Waals surface area contributed by atoms with Crippen molar-refractivity contribution in [3.05, 3.63) is 83.2 Å². The number of phenols is 1. The summed E-state index contributed by atoms with van der Waals surface area (Å²) in [5.41, 5.74) is 5.16. The van der Waals surface area contributed by atoms with E-state index in [-0.39, 0.29) is 11.6 Å². The first-order chi connectivity index (χ1) is 16.4. The fourth-order valence-corrected chi connectivity index (χ4v) is 3.72. The largest absolute Gasteiger partial charge is 0.508 e. The number of aryl methyl sites for hydroxylation is 2. The molecule has 1 atom stereocenters. The highest BCUT2D eigenvalue weighted by Crippen LogP contribution is 2.31. The Kier molecular flexibility index (Phi) is 9.08. The third-order valence-electron chi connectivity index (χ3n) is 5.81. The summed E-state index contributed by atoms with van der Waals surface area (Å²) in [6.45, 7) is 1.65. The van der Waals surface area contributed by atoms with Crippen LogP contribution in [0, 0.1) is 11.7 Å². The van der Waals surface area contributed by atoms with Crippen LogP contribution < -0.4 is 4.74 Å². The van der Waals surface area contributed by atoms with Gasteiger partial charge in [0.15, 0.2) is 0 Å². The normalized spacial score (nSPS) is 14.0. The van der Waals surface area contributed by atoms with E-state index in [0.29, 0.717) is 17.7 Å². The highest BCUT2D eigenvalue weighted by Gasteiger charge is 2.14. The average Bonchev–Trinajstić information content (AvgIpc) is 3.64. The minimum absolute atomic E-state index is 0.176. The zero-order valence-corrected chi connectivity index (χ0v) is 19.9. The van der Waals surface area contributed by atoms with Crippen LogP contribution in [0.2, 0.25) is 0 Å². The second-order valence-corrected chi connectivity index (χ2v) is 8.86. The Morgan fingerprint density at radius 1 is 0.971 bits per heavy atom. The van der Waals surface area contributed by atoms with E-state index in [0.717, 1.165) is 24.0 Å². The predicted molar refractivity (Wildman–Crippen MR) is 133 cm³/mol. The average molecular weight is 465 g/mol. The molecule has 0 aromatic heterocycles. The lowest BCUT2D eigenvalue weighted by Gasteiger charge is -2.08. The monoisotopic (exact) mass is 464 g/mol. The van der Waals surface area contributed by atoms with Crippen molar-refractivity contribution in [1.82, 2.24) is 0 Å². The summed E-state index contributed by atoms with van der Waals surface area (Å²) >= 11 is 0. The van der Waals surface area contributed by atoms with Crippen LogP contribution in [0.1, 0.15) is 49.3 Å². The molecule has 2 aliphatic rings. The molecule has 1 unspecified atom stereocenters.